The molecule has 1 heterocycles. The van der Waals surface area contributed by atoms with Crippen LogP contribution in [0, 0.1) is 12.8 Å². The number of methoxy groups -OCH3 is 1. The molecule has 0 aromatic heterocycles. The first kappa shape index (κ1) is 18.2. The summed E-state index contributed by atoms with van der Waals surface area (Å²) in [6, 6.07) is 14.3. The largest absolute Gasteiger partial charge is 0.497 e. The van der Waals surface area contributed by atoms with Crippen LogP contribution in [0.25, 0.3) is 0 Å². The number of hydrogen-bond donors (Lipinski definition) is 1. The normalized spacial score (nSPS) is 21.6. The quantitative estimate of drug-likeness (QED) is 0.837. The van der Waals surface area contributed by atoms with E-state index in [-0.39, 0.29) is 11.8 Å². The number of amides is 1. The Kier molecular flexibility index (Phi) is 5.30. The fourth-order valence-corrected chi connectivity index (χ4v) is 4.76. The van der Waals surface area contributed by atoms with Crippen molar-refractivity contribution in [1.29, 1.82) is 0 Å². The van der Waals surface area contributed by atoms with Crippen LogP contribution in [-0.4, -0.2) is 37.6 Å². The monoisotopic (exact) mass is 382 g/mol. The molecule has 1 saturated heterocycles. The van der Waals surface area contributed by atoms with Crippen molar-refractivity contribution in [2.45, 2.75) is 19.3 Å². The van der Waals surface area contributed by atoms with E-state index in [2.05, 4.69) is 35.3 Å². The summed E-state index contributed by atoms with van der Waals surface area (Å²) in [6.07, 6.45) is 0.904. The number of thioether (sulfide) groups is 1. The summed E-state index contributed by atoms with van der Waals surface area (Å²) in [6.45, 7) is 4.33. The molecule has 2 fully saturated rings. The van der Waals surface area contributed by atoms with Gasteiger partial charge in [-0.05, 0) is 60.7 Å². The first-order valence-electron chi connectivity index (χ1n) is 9.54. The number of ether oxygens (including phenoxy) is 1. The van der Waals surface area contributed by atoms with E-state index in [1.165, 1.54) is 28.3 Å². The second-order valence-electron chi connectivity index (χ2n) is 7.32. The van der Waals surface area contributed by atoms with Gasteiger partial charge < -0.3 is 15.0 Å². The van der Waals surface area contributed by atoms with E-state index in [1.54, 1.807) is 7.11 Å². The SMILES string of the molecule is COc1cccc([C@@H]2C[C@H]2C(=O)Nc2ccc(N3CCSCC3)c(C)c2)c1. The predicted molar refractivity (Wildman–Crippen MR) is 113 cm³/mol. The number of carbonyl (C=O) groups is 1. The molecule has 142 valence electrons. The van der Waals surface area contributed by atoms with Crippen molar-refractivity contribution in [2.24, 2.45) is 5.92 Å². The Morgan fingerprint density at radius 3 is 2.74 bits per heavy atom. The fraction of sp³-hybridized carbons (Fsp3) is 0.409. The maximum Gasteiger partial charge on any atom is 0.228 e. The summed E-state index contributed by atoms with van der Waals surface area (Å²) in [5, 5.41) is 3.11. The lowest BCUT2D eigenvalue weighted by Crippen LogP contribution is -2.32. The number of rotatable bonds is 5. The zero-order valence-corrected chi connectivity index (χ0v) is 16.7. The second kappa shape index (κ2) is 7.85. The van der Waals surface area contributed by atoms with Crippen LogP contribution >= 0.6 is 11.8 Å². The summed E-state index contributed by atoms with van der Waals surface area (Å²) in [4.78, 5) is 15.1. The molecule has 1 saturated carbocycles. The van der Waals surface area contributed by atoms with E-state index >= 15 is 0 Å². The molecular formula is C22H26N2O2S. The van der Waals surface area contributed by atoms with Crippen LogP contribution in [-0.2, 0) is 4.79 Å². The molecular weight excluding hydrogens is 356 g/mol. The van der Waals surface area contributed by atoms with E-state index < -0.39 is 0 Å². The van der Waals surface area contributed by atoms with Gasteiger partial charge in [0.15, 0.2) is 0 Å². The van der Waals surface area contributed by atoms with Gasteiger partial charge in [0.25, 0.3) is 0 Å². The Balaban J connectivity index is 1.39. The molecule has 1 aliphatic heterocycles. The van der Waals surface area contributed by atoms with Crippen molar-refractivity contribution in [1.82, 2.24) is 0 Å². The topological polar surface area (TPSA) is 41.6 Å². The lowest BCUT2D eigenvalue weighted by Gasteiger charge is -2.30. The van der Waals surface area contributed by atoms with Crippen molar-refractivity contribution in [3.8, 4) is 5.75 Å². The van der Waals surface area contributed by atoms with Gasteiger partial charge >= 0.3 is 0 Å². The minimum Gasteiger partial charge on any atom is -0.497 e. The van der Waals surface area contributed by atoms with E-state index in [0.29, 0.717) is 5.92 Å². The Morgan fingerprint density at radius 2 is 2.00 bits per heavy atom. The molecule has 2 aromatic carbocycles. The molecule has 4 rings (SSSR count). The third-order valence-electron chi connectivity index (χ3n) is 5.47. The highest BCUT2D eigenvalue weighted by molar-refractivity contribution is 7.99. The number of benzene rings is 2. The summed E-state index contributed by atoms with van der Waals surface area (Å²) < 4.78 is 5.29. The van der Waals surface area contributed by atoms with Crippen molar-refractivity contribution in [3.05, 3.63) is 53.6 Å². The van der Waals surface area contributed by atoms with Gasteiger partial charge in [-0.25, -0.2) is 0 Å². The van der Waals surface area contributed by atoms with Crippen molar-refractivity contribution < 1.29 is 9.53 Å². The molecule has 0 unspecified atom stereocenters. The van der Waals surface area contributed by atoms with Crippen LogP contribution in [0.1, 0.15) is 23.5 Å². The van der Waals surface area contributed by atoms with Gasteiger partial charge in [0.2, 0.25) is 5.91 Å². The van der Waals surface area contributed by atoms with Gasteiger partial charge in [0, 0.05) is 41.9 Å². The molecule has 0 spiro atoms. The van der Waals surface area contributed by atoms with Gasteiger partial charge in [-0.3, -0.25) is 4.79 Å². The molecule has 4 nitrogen and oxygen atoms in total. The second-order valence-corrected chi connectivity index (χ2v) is 8.54. The Bertz CT molecular complexity index is 833. The molecule has 2 atom stereocenters. The first-order chi connectivity index (χ1) is 13.2. The highest BCUT2D eigenvalue weighted by Gasteiger charge is 2.44. The molecule has 5 heteroatoms. The van der Waals surface area contributed by atoms with Gasteiger partial charge in [-0.2, -0.15) is 11.8 Å². The molecule has 2 aliphatic rings. The van der Waals surface area contributed by atoms with Crippen molar-refractivity contribution >= 4 is 29.0 Å². The zero-order valence-electron chi connectivity index (χ0n) is 15.9. The number of carbonyl (C=O) groups excluding carboxylic acids is 1. The van der Waals surface area contributed by atoms with Crippen molar-refractivity contribution in [3.63, 3.8) is 0 Å². The van der Waals surface area contributed by atoms with Crippen LogP contribution in [0.4, 0.5) is 11.4 Å². The van der Waals surface area contributed by atoms with Gasteiger partial charge in [-0.15, -0.1) is 0 Å². The number of nitrogens with zero attached hydrogens (tertiary/aromatic N) is 1. The van der Waals surface area contributed by atoms with E-state index in [0.717, 1.165) is 30.9 Å². The van der Waals surface area contributed by atoms with Gasteiger partial charge in [-0.1, -0.05) is 12.1 Å². The standard InChI is InChI=1S/C22H26N2O2S/c1-15-12-17(6-7-21(15)24-8-10-27-11-9-24)23-22(25)20-14-19(20)16-4-3-5-18(13-16)26-2/h3-7,12-13,19-20H,8-11,14H2,1-2H3,(H,23,25)/t19-,20+/m0/s1. The summed E-state index contributed by atoms with van der Waals surface area (Å²) in [7, 11) is 1.67. The Morgan fingerprint density at radius 1 is 1.19 bits per heavy atom. The van der Waals surface area contributed by atoms with Crippen molar-refractivity contribution in [2.75, 3.05) is 41.9 Å². The van der Waals surface area contributed by atoms with E-state index in [9.17, 15) is 4.79 Å². The van der Waals surface area contributed by atoms with Crippen LogP contribution in [0.5, 0.6) is 5.75 Å². The number of nitrogens with one attached hydrogen (secondary N) is 1. The molecule has 0 radical (unpaired) electrons. The summed E-state index contributed by atoms with van der Waals surface area (Å²) >= 11 is 2.01. The maximum atomic E-state index is 12.7. The summed E-state index contributed by atoms with van der Waals surface area (Å²) in [5.74, 6) is 3.68. The van der Waals surface area contributed by atoms with Gasteiger partial charge in [0.1, 0.15) is 5.75 Å². The molecule has 1 aliphatic carbocycles. The smallest absolute Gasteiger partial charge is 0.228 e. The van der Waals surface area contributed by atoms with Crippen LogP contribution in [0.3, 0.4) is 0 Å². The van der Waals surface area contributed by atoms with E-state index in [1.807, 2.05) is 36.0 Å². The molecule has 0 bridgehead atoms. The predicted octanol–water partition coefficient (Wildman–Crippen LogP) is 4.30. The zero-order chi connectivity index (χ0) is 18.8. The number of anilines is 2. The maximum absolute atomic E-state index is 12.7. The average Bonchev–Trinajstić information content (AvgIpc) is 3.50. The molecule has 1 N–H and O–H groups in total. The lowest BCUT2D eigenvalue weighted by molar-refractivity contribution is -0.117. The van der Waals surface area contributed by atoms with Crippen LogP contribution < -0.4 is 15.0 Å². The third-order valence-corrected chi connectivity index (χ3v) is 6.41. The minimum absolute atomic E-state index is 0.0520. The average molecular weight is 383 g/mol. The molecule has 27 heavy (non-hydrogen) atoms. The van der Waals surface area contributed by atoms with Gasteiger partial charge in [0.05, 0.1) is 7.11 Å². The Labute approximate surface area is 165 Å². The number of hydrogen-bond acceptors (Lipinski definition) is 4. The number of aryl methyl sites for hydroxylation is 1. The molecule has 2 aromatic rings. The highest BCUT2D eigenvalue weighted by Crippen LogP contribution is 2.48. The summed E-state index contributed by atoms with van der Waals surface area (Å²) in [5.41, 5.74) is 4.58. The van der Waals surface area contributed by atoms with Crippen LogP contribution in [0.2, 0.25) is 0 Å². The third kappa shape index (κ3) is 4.08. The highest BCUT2D eigenvalue weighted by atomic mass is 32.2. The fourth-order valence-electron chi connectivity index (χ4n) is 3.85. The molecule has 1 amide bonds. The minimum atomic E-state index is 0.0520. The van der Waals surface area contributed by atoms with Crippen LogP contribution in [0.15, 0.2) is 42.5 Å². The first-order valence-corrected chi connectivity index (χ1v) is 10.7. The van der Waals surface area contributed by atoms with E-state index in [4.69, 9.17) is 4.74 Å². The Hall–Kier alpha value is -2.14. The lowest BCUT2D eigenvalue weighted by atomic mass is 10.1.